The third-order valence-corrected chi connectivity index (χ3v) is 5.15. The Kier molecular flexibility index (Phi) is 1.61. The third-order valence-electron chi connectivity index (χ3n) is 5.15. The number of aliphatic hydroxyl groups excluding tert-OH is 1. The van der Waals surface area contributed by atoms with Gasteiger partial charge in [0, 0.05) is 6.61 Å². The van der Waals surface area contributed by atoms with E-state index in [0.29, 0.717) is 12.0 Å². The van der Waals surface area contributed by atoms with Gasteiger partial charge in [-0.3, -0.25) is 0 Å². The van der Waals surface area contributed by atoms with Crippen molar-refractivity contribution in [3.05, 3.63) is 0 Å². The van der Waals surface area contributed by atoms with Crippen molar-refractivity contribution in [1.29, 1.82) is 0 Å². The van der Waals surface area contributed by atoms with Crippen LogP contribution in [-0.2, 0) is 0 Å². The predicted octanol–water partition coefficient (Wildman–Crippen LogP) is 2.44. The largest absolute Gasteiger partial charge is 0.396 e. The molecule has 1 N–H and O–H groups in total. The van der Waals surface area contributed by atoms with Gasteiger partial charge in [0.15, 0.2) is 0 Å². The smallest absolute Gasteiger partial charge is 0.0492 e. The predicted molar refractivity (Wildman–Crippen MR) is 49.8 cm³/mol. The molecule has 0 heterocycles. The average Bonchev–Trinajstić information content (AvgIpc) is 2.55. The van der Waals surface area contributed by atoms with E-state index in [1.54, 1.807) is 0 Å². The first kappa shape index (κ1) is 8.55. The molecule has 3 atom stereocenters. The Morgan fingerprint density at radius 2 is 1.75 bits per heavy atom. The van der Waals surface area contributed by atoms with E-state index in [1.165, 1.54) is 19.3 Å². The number of hydrogen-bond donors (Lipinski definition) is 1. The van der Waals surface area contributed by atoms with E-state index in [9.17, 15) is 5.11 Å². The molecule has 2 saturated carbocycles. The molecule has 0 amide bonds. The Bertz CT molecular complexity index is 197. The summed E-state index contributed by atoms with van der Waals surface area (Å²) in [7, 11) is 0. The molecule has 2 rings (SSSR count). The molecule has 0 radical (unpaired) electrons. The maximum absolute atomic E-state index is 9.48. The first-order valence-electron chi connectivity index (χ1n) is 5.13. The second-order valence-electron chi connectivity index (χ2n) is 5.50. The fourth-order valence-corrected chi connectivity index (χ4v) is 3.54. The van der Waals surface area contributed by atoms with Gasteiger partial charge in [0.05, 0.1) is 0 Å². The zero-order chi connectivity index (χ0) is 8.98. The fraction of sp³-hybridized carbons (Fsp3) is 1.00. The molecule has 0 aliphatic heterocycles. The molecule has 2 bridgehead atoms. The molecule has 0 aromatic heterocycles. The zero-order valence-corrected chi connectivity index (χ0v) is 8.43. The minimum absolute atomic E-state index is 0.204. The Balaban J connectivity index is 2.34. The van der Waals surface area contributed by atoms with Gasteiger partial charge in [0.1, 0.15) is 0 Å². The van der Waals surface area contributed by atoms with Crippen LogP contribution in [0.4, 0.5) is 0 Å². The van der Waals surface area contributed by atoms with Gasteiger partial charge in [-0.15, -0.1) is 0 Å². The van der Waals surface area contributed by atoms with Gasteiger partial charge in [-0.1, -0.05) is 20.8 Å². The summed E-state index contributed by atoms with van der Waals surface area (Å²) in [5.74, 6) is 1.67. The molecule has 12 heavy (non-hydrogen) atoms. The van der Waals surface area contributed by atoms with Crippen molar-refractivity contribution < 1.29 is 5.11 Å². The van der Waals surface area contributed by atoms with Crippen molar-refractivity contribution in [2.45, 2.75) is 40.0 Å². The van der Waals surface area contributed by atoms with E-state index in [-0.39, 0.29) is 5.41 Å². The lowest BCUT2D eigenvalue weighted by Gasteiger charge is -2.46. The molecule has 0 aromatic carbocycles. The summed E-state index contributed by atoms with van der Waals surface area (Å²) in [5.41, 5.74) is 0.570. The highest BCUT2D eigenvalue weighted by Crippen LogP contribution is 2.65. The maximum atomic E-state index is 9.48. The van der Waals surface area contributed by atoms with Crippen LogP contribution < -0.4 is 0 Å². The van der Waals surface area contributed by atoms with Gasteiger partial charge >= 0.3 is 0 Å². The molecule has 1 nitrogen and oxygen atoms in total. The van der Waals surface area contributed by atoms with E-state index in [0.717, 1.165) is 11.8 Å². The van der Waals surface area contributed by atoms with Gasteiger partial charge in [0.25, 0.3) is 0 Å². The molecule has 0 aromatic rings. The lowest BCUT2D eigenvalue weighted by Crippen LogP contribution is -2.43. The van der Waals surface area contributed by atoms with E-state index in [4.69, 9.17) is 0 Å². The van der Waals surface area contributed by atoms with Crippen LogP contribution in [0.5, 0.6) is 0 Å². The second-order valence-corrected chi connectivity index (χ2v) is 5.50. The Morgan fingerprint density at radius 3 is 2.08 bits per heavy atom. The van der Waals surface area contributed by atoms with Gasteiger partial charge in [-0.25, -0.2) is 0 Å². The van der Waals surface area contributed by atoms with Gasteiger partial charge in [-0.05, 0) is 41.9 Å². The van der Waals surface area contributed by atoms with E-state index in [1.807, 2.05) is 0 Å². The Hall–Kier alpha value is -0.0400. The summed E-state index contributed by atoms with van der Waals surface area (Å²) in [6.45, 7) is 7.33. The van der Waals surface area contributed by atoms with Gasteiger partial charge in [-0.2, -0.15) is 0 Å². The number of rotatable bonds is 1. The highest BCUT2D eigenvalue weighted by molar-refractivity contribution is 5.08. The summed E-state index contributed by atoms with van der Waals surface area (Å²) in [4.78, 5) is 0. The van der Waals surface area contributed by atoms with Crippen molar-refractivity contribution in [3.8, 4) is 0 Å². The highest BCUT2D eigenvalue weighted by atomic mass is 16.3. The molecular formula is C11H20O. The minimum atomic E-state index is 0.204. The average molecular weight is 168 g/mol. The topological polar surface area (TPSA) is 20.2 Å². The summed E-state index contributed by atoms with van der Waals surface area (Å²) < 4.78 is 0. The monoisotopic (exact) mass is 168 g/mol. The molecule has 2 aliphatic rings. The molecule has 0 unspecified atom stereocenters. The van der Waals surface area contributed by atoms with Crippen LogP contribution in [0.1, 0.15) is 40.0 Å². The molecular weight excluding hydrogens is 148 g/mol. The van der Waals surface area contributed by atoms with Crippen LogP contribution in [0.25, 0.3) is 0 Å². The molecule has 70 valence electrons. The quantitative estimate of drug-likeness (QED) is 0.637. The standard InChI is InChI=1S/C11H20O/c1-10(2)8-4-5-9(6-8)11(10,3)7-12/h8-9,12H,4-7H2,1-3H3/t8-,9+,11+/m1/s1. The van der Waals surface area contributed by atoms with Crippen LogP contribution in [-0.4, -0.2) is 11.7 Å². The molecule has 0 spiro atoms. The summed E-state index contributed by atoms with van der Waals surface area (Å²) in [6.07, 6.45) is 4.11. The number of fused-ring (bicyclic) bond motifs is 2. The van der Waals surface area contributed by atoms with E-state index < -0.39 is 0 Å². The van der Waals surface area contributed by atoms with Crippen LogP contribution in [0.3, 0.4) is 0 Å². The SMILES string of the molecule is CC1(C)[C@@H]2CC[C@@H](C2)[C@]1(C)CO. The Labute approximate surface area is 75.2 Å². The van der Waals surface area contributed by atoms with Gasteiger partial charge in [0.2, 0.25) is 0 Å². The zero-order valence-electron chi connectivity index (χ0n) is 8.43. The molecule has 2 fully saturated rings. The second kappa shape index (κ2) is 2.25. The summed E-state index contributed by atoms with van der Waals surface area (Å²) in [5, 5.41) is 9.48. The highest BCUT2D eigenvalue weighted by Gasteiger charge is 2.59. The third kappa shape index (κ3) is 0.736. The van der Waals surface area contributed by atoms with Crippen molar-refractivity contribution in [2.24, 2.45) is 22.7 Å². The van der Waals surface area contributed by atoms with Crippen molar-refractivity contribution in [1.82, 2.24) is 0 Å². The van der Waals surface area contributed by atoms with Crippen LogP contribution >= 0.6 is 0 Å². The lowest BCUT2D eigenvalue weighted by molar-refractivity contribution is -0.0280. The Morgan fingerprint density at radius 1 is 1.17 bits per heavy atom. The molecule has 2 aliphatic carbocycles. The van der Waals surface area contributed by atoms with Crippen molar-refractivity contribution in [3.63, 3.8) is 0 Å². The van der Waals surface area contributed by atoms with Gasteiger partial charge < -0.3 is 5.11 Å². The first-order valence-corrected chi connectivity index (χ1v) is 5.13. The maximum Gasteiger partial charge on any atom is 0.0492 e. The van der Waals surface area contributed by atoms with Crippen LogP contribution in [0.15, 0.2) is 0 Å². The number of aliphatic hydroxyl groups is 1. The van der Waals surface area contributed by atoms with E-state index in [2.05, 4.69) is 20.8 Å². The summed E-state index contributed by atoms with van der Waals surface area (Å²) >= 11 is 0. The fourth-order valence-electron chi connectivity index (χ4n) is 3.54. The van der Waals surface area contributed by atoms with E-state index >= 15 is 0 Å². The molecule has 1 heteroatoms. The van der Waals surface area contributed by atoms with Crippen molar-refractivity contribution in [2.75, 3.05) is 6.61 Å². The first-order chi connectivity index (χ1) is 5.52. The summed E-state index contributed by atoms with van der Waals surface area (Å²) in [6, 6.07) is 0. The van der Waals surface area contributed by atoms with Crippen LogP contribution in [0, 0.1) is 22.7 Å². The number of hydrogen-bond acceptors (Lipinski definition) is 1. The van der Waals surface area contributed by atoms with Crippen LogP contribution in [0.2, 0.25) is 0 Å². The lowest BCUT2D eigenvalue weighted by atomic mass is 9.59. The normalized spacial score (nSPS) is 50.0. The molecule has 0 saturated heterocycles. The minimum Gasteiger partial charge on any atom is -0.396 e. The van der Waals surface area contributed by atoms with Crippen molar-refractivity contribution >= 4 is 0 Å².